The minimum absolute atomic E-state index is 0.172. The van der Waals surface area contributed by atoms with Crippen molar-refractivity contribution < 1.29 is 18.9 Å². The maximum absolute atomic E-state index is 10.4. The van der Waals surface area contributed by atoms with Gasteiger partial charge in [-0.05, 0) is 0 Å². The summed E-state index contributed by atoms with van der Waals surface area (Å²) < 4.78 is 9.43. The second-order valence-corrected chi connectivity index (χ2v) is 2.21. The van der Waals surface area contributed by atoms with Gasteiger partial charge in [0, 0.05) is 21.0 Å². The zero-order valence-corrected chi connectivity index (χ0v) is 7.42. The Morgan fingerprint density at radius 1 is 1.42 bits per heavy atom. The first kappa shape index (κ1) is 11.0. The number of rotatable bonds is 4. The molecule has 0 saturated heterocycles. The number of carbonyl (C=O) groups excluding carboxylic acids is 2. The summed E-state index contributed by atoms with van der Waals surface area (Å²) in [6, 6.07) is 0. The Morgan fingerprint density at radius 2 is 2.00 bits per heavy atom. The number of hydrogen-bond donors (Lipinski definition) is 1. The second kappa shape index (κ2) is 5.59. The highest BCUT2D eigenvalue weighted by Crippen LogP contribution is 1.86. The van der Waals surface area contributed by atoms with Crippen molar-refractivity contribution in [3.63, 3.8) is 0 Å². The Morgan fingerprint density at radius 3 is 2.33 bits per heavy atom. The molecule has 0 aliphatic rings. The number of hydrogen-bond acceptors (Lipinski definition) is 4. The van der Waals surface area contributed by atoms with Crippen molar-refractivity contribution in [1.82, 2.24) is 5.32 Å². The molecule has 1 amide bonds. The molecule has 68 valence electrons. The van der Waals surface area contributed by atoms with E-state index in [1.54, 1.807) is 0 Å². The van der Waals surface area contributed by atoms with Gasteiger partial charge in [0.1, 0.15) is 0 Å². The highest BCUT2D eigenvalue weighted by Gasteiger charge is 2.19. The lowest BCUT2D eigenvalue weighted by Gasteiger charge is -2.09. The average molecular weight is 173 g/mol. The lowest BCUT2D eigenvalue weighted by molar-refractivity contribution is -0.133. The van der Waals surface area contributed by atoms with Gasteiger partial charge in [-0.1, -0.05) is 0 Å². The summed E-state index contributed by atoms with van der Waals surface area (Å²) >= 11 is 0. The molecule has 0 aromatic heterocycles. The molecule has 0 aliphatic carbocycles. The summed E-state index contributed by atoms with van der Waals surface area (Å²) in [6.07, 6.45) is 0.172. The van der Waals surface area contributed by atoms with Crippen LogP contribution in [0.2, 0.25) is 0 Å². The van der Waals surface area contributed by atoms with Gasteiger partial charge in [-0.15, -0.1) is 0 Å². The Bertz CT molecular complexity index is 173. The molecule has 0 bridgehead atoms. The fourth-order valence-corrected chi connectivity index (χ4v) is 0.585. The van der Waals surface area contributed by atoms with Crippen LogP contribution in [0.1, 0.15) is 13.8 Å². The Labute approximate surface area is 71.6 Å². The van der Waals surface area contributed by atoms with Crippen LogP contribution in [0.15, 0.2) is 0 Å². The molecule has 0 heterocycles. The first-order valence-corrected chi connectivity index (χ1v) is 3.50. The monoisotopic (exact) mass is 173 g/mol. The van der Waals surface area contributed by atoms with Crippen LogP contribution in [-0.4, -0.2) is 32.5 Å². The molecule has 0 rings (SSSR count). The van der Waals surface area contributed by atoms with Gasteiger partial charge in [-0.25, -0.2) is 0 Å². The van der Waals surface area contributed by atoms with Crippen LogP contribution in [0.5, 0.6) is 0 Å². The lowest BCUT2D eigenvalue weighted by atomic mass is 9.90. The average Bonchev–Trinajstić information content (AvgIpc) is 1.97. The molecule has 0 unspecified atom stereocenters. The molecule has 0 aromatic carbocycles. The van der Waals surface area contributed by atoms with Gasteiger partial charge in [-0.2, -0.15) is 0 Å². The van der Waals surface area contributed by atoms with Crippen molar-refractivity contribution in [3.8, 4) is 0 Å². The van der Waals surface area contributed by atoms with E-state index in [-0.39, 0.29) is 12.4 Å². The minimum atomic E-state index is -0.702. The quantitative estimate of drug-likeness (QED) is 0.574. The molecule has 6 heteroatoms. The maximum Gasteiger partial charge on any atom is 0.547 e. The van der Waals surface area contributed by atoms with Crippen molar-refractivity contribution in [1.29, 1.82) is 0 Å². The second-order valence-electron chi connectivity index (χ2n) is 2.21. The van der Waals surface area contributed by atoms with E-state index in [2.05, 4.69) is 9.97 Å². The zero-order valence-electron chi connectivity index (χ0n) is 7.42. The van der Waals surface area contributed by atoms with Crippen LogP contribution >= 0.6 is 0 Å². The van der Waals surface area contributed by atoms with E-state index in [9.17, 15) is 9.59 Å². The molecular formula is C6H12BNO4. The molecule has 0 atom stereocenters. The molecule has 5 nitrogen and oxygen atoms in total. The predicted octanol–water partition coefficient (Wildman–Crippen LogP) is -0.641. The third-order valence-electron chi connectivity index (χ3n) is 1.08. The first-order valence-electron chi connectivity index (χ1n) is 3.50. The number of carbonyl (C=O) groups is 2. The van der Waals surface area contributed by atoms with Gasteiger partial charge in [-0.3, -0.25) is 9.59 Å². The zero-order chi connectivity index (χ0) is 9.56. The van der Waals surface area contributed by atoms with Gasteiger partial charge in [0.05, 0.1) is 6.44 Å². The molecule has 0 radical (unpaired) electrons. The van der Waals surface area contributed by atoms with Gasteiger partial charge in [0.2, 0.25) is 5.91 Å². The lowest BCUT2D eigenvalue weighted by Crippen LogP contribution is -2.38. The SMILES string of the molecule is COB(CNC(C)=O)OC(C)=O. The van der Waals surface area contributed by atoms with Crippen molar-refractivity contribution in [2.45, 2.75) is 13.8 Å². The van der Waals surface area contributed by atoms with Crippen LogP contribution in [0, 0.1) is 0 Å². The van der Waals surface area contributed by atoms with E-state index in [0.717, 1.165) is 0 Å². The van der Waals surface area contributed by atoms with Gasteiger partial charge in [0.15, 0.2) is 0 Å². The van der Waals surface area contributed by atoms with Crippen LogP contribution in [-0.2, 0) is 18.9 Å². The van der Waals surface area contributed by atoms with Crippen molar-refractivity contribution >= 4 is 19.0 Å². The summed E-state index contributed by atoms with van der Waals surface area (Å²) in [4.78, 5) is 20.9. The van der Waals surface area contributed by atoms with E-state index in [1.165, 1.54) is 21.0 Å². The summed E-state index contributed by atoms with van der Waals surface area (Å²) in [6.45, 7) is 2.65. The third kappa shape index (κ3) is 5.73. The van der Waals surface area contributed by atoms with Gasteiger partial charge < -0.3 is 14.6 Å². The van der Waals surface area contributed by atoms with E-state index in [4.69, 9.17) is 4.65 Å². The summed E-state index contributed by atoms with van der Waals surface area (Å²) in [7, 11) is 0.696. The van der Waals surface area contributed by atoms with E-state index in [1.807, 2.05) is 0 Å². The van der Waals surface area contributed by atoms with Crippen LogP contribution in [0.4, 0.5) is 0 Å². The molecule has 0 aliphatic heterocycles. The van der Waals surface area contributed by atoms with Crippen molar-refractivity contribution in [3.05, 3.63) is 0 Å². The highest BCUT2D eigenvalue weighted by atomic mass is 16.6. The molecule has 0 fully saturated rings. The standard InChI is InChI=1S/C6H12BNO4/c1-5(9)8-4-7(11-3)12-6(2)10/h4H2,1-3H3,(H,8,9). The largest absolute Gasteiger partial charge is 0.547 e. The Kier molecular flexibility index (Phi) is 5.11. The Hall–Kier alpha value is -1.04. The molecule has 12 heavy (non-hydrogen) atoms. The molecule has 0 aromatic rings. The van der Waals surface area contributed by atoms with Crippen LogP contribution in [0.25, 0.3) is 0 Å². The topological polar surface area (TPSA) is 64.6 Å². The summed E-state index contributed by atoms with van der Waals surface area (Å²) in [5, 5.41) is 2.46. The van der Waals surface area contributed by atoms with E-state index >= 15 is 0 Å². The summed E-state index contributed by atoms with van der Waals surface area (Å²) in [5.41, 5.74) is 0. The predicted molar refractivity (Wildman–Crippen MR) is 43.2 cm³/mol. The fraction of sp³-hybridized carbons (Fsp3) is 0.667. The number of nitrogens with one attached hydrogen (secondary N) is 1. The van der Waals surface area contributed by atoms with E-state index < -0.39 is 13.1 Å². The minimum Gasteiger partial charge on any atom is -0.509 e. The van der Waals surface area contributed by atoms with Crippen LogP contribution < -0.4 is 5.32 Å². The van der Waals surface area contributed by atoms with Crippen LogP contribution in [0.3, 0.4) is 0 Å². The number of amides is 1. The smallest absolute Gasteiger partial charge is 0.509 e. The van der Waals surface area contributed by atoms with Crippen molar-refractivity contribution in [2.24, 2.45) is 0 Å². The maximum atomic E-state index is 10.4. The van der Waals surface area contributed by atoms with Crippen molar-refractivity contribution in [2.75, 3.05) is 13.6 Å². The fourth-order valence-electron chi connectivity index (χ4n) is 0.585. The molecule has 0 spiro atoms. The van der Waals surface area contributed by atoms with Gasteiger partial charge in [0.25, 0.3) is 5.97 Å². The third-order valence-corrected chi connectivity index (χ3v) is 1.08. The Balaban J connectivity index is 3.67. The first-order chi connectivity index (χ1) is 5.56. The molecular weight excluding hydrogens is 161 g/mol. The summed E-state index contributed by atoms with van der Waals surface area (Å²) in [5.74, 6) is -0.628. The van der Waals surface area contributed by atoms with E-state index in [0.29, 0.717) is 0 Å². The normalized spacial score (nSPS) is 8.92. The highest BCUT2D eigenvalue weighted by molar-refractivity contribution is 6.47. The molecule has 0 saturated carbocycles. The van der Waals surface area contributed by atoms with Gasteiger partial charge >= 0.3 is 7.12 Å². The molecule has 1 N–H and O–H groups in total.